The van der Waals surface area contributed by atoms with E-state index >= 15 is 0 Å². The van der Waals surface area contributed by atoms with Gasteiger partial charge in [0.25, 0.3) is 0 Å². The molecule has 1 rings (SSSR count). The van der Waals surface area contributed by atoms with E-state index in [0.29, 0.717) is 5.56 Å². The summed E-state index contributed by atoms with van der Waals surface area (Å²) < 4.78 is 9.81. The molecule has 0 N–H and O–H groups in total. The van der Waals surface area contributed by atoms with Crippen LogP contribution in [-0.4, -0.2) is 31.6 Å². The zero-order valence-corrected chi connectivity index (χ0v) is 13.3. The zero-order chi connectivity index (χ0) is 18.2. The molecule has 0 saturated heterocycles. The van der Waals surface area contributed by atoms with Gasteiger partial charge in [0.05, 0.1) is 18.4 Å². The van der Waals surface area contributed by atoms with Gasteiger partial charge in [-0.05, 0) is 17.6 Å². The summed E-state index contributed by atoms with van der Waals surface area (Å²) in [4.78, 5) is 34.7. The van der Waals surface area contributed by atoms with E-state index in [2.05, 4.69) is 6.58 Å². The number of carbonyl (C=O) groups is 3. The molecular weight excluding hydrogens is 316 g/mol. The van der Waals surface area contributed by atoms with E-state index in [0.717, 1.165) is 0 Å². The van der Waals surface area contributed by atoms with Gasteiger partial charge < -0.3 is 29.3 Å². The van der Waals surface area contributed by atoms with Crippen molar-refractivity contribution < 1.29 is 34.1 Å². The van der Waals surface area contributed by atoms with Crippen molar-refractivity contribution >= 4 is 17.9 Å². The standard InChI is InChI=1S/C17H20O7/c1-12(15(19)20)17(16(21)22,8-9-23-2)10-14(18)24-11-13-6-4-3-5-7-13/h3-7H,1,8-11H2,2H3,(H,19,20)(H,21,22)/p-2. The zero-order valence-electron chi connectivity index (χ0n) is 13.3. The number of benzene rings is 1. The number of aliphatic carboxylic acids is 2. The first kappa shape index (κ1) is 19.4. The Labute approximate surface area is 139 Å². The summed E-state index contributed by atoms with van der Waals surface area (Å²) in [6.07, 6.45) is -1.04. The van der Waals surface area contributed by atoms with Crippen LogP contribution in [0.15, 0.2) is 42.5 Å². The van der Waals surface area contributed by atoms with E-state index in [1.165, 1.54) is 7.11 Å². The first-order valence-electron chi connectivity index (χ1n) is 7.14. The van der Waals surface area contributed by atoms with Crippen molar-refractivity contribution in [3.63, 3.8) is 0 Å². The largest absolute Gasteiger partial charge is 0.549 e. The summed E-state index contributed by atoms with van der Waals surface area (Å²) in [5.74, 6) is -4.40. The number of ether oxygens (including phenoxy) is 2. The van der Waals surface area contributed by atoms with Crippen molar-refractivity contribution in [3.05, 3.63) is 48.0 Å². The van der Waals surface area contributed by atoms with Crippen molar-refractivity contribution in [2.45, 2.75) is 19.4 Å². The van der Waals surface area contributed by atoms with Crippen LogP contribution in [0.1, 0.15) is 18.4 Å². The lowest BCUT2D eigenvalue weighted by Crippen LogP contribution is -2.49. The van der Waals surface area contributed by atoms with Gasteiger partial charge in [-0.1, -0.05) is 36.9 Å². The van der Waals surface area contributed by atoms with Crippen LogP contribution in [0.3, 0.4) is 0 Å². The normalized spacial score (nSPS) is 12.9. The van der Waals surface area contributed by atoms with Crippen LogP contribution in [0, 0.1) is 5.41 Å². The Bertz CT molecular complexity index is 609. The predicted molar refractivity (Wildman–Crippen MR) is 78.9 cm³/mol. The molecule has 1 aromatic carbocycles. The third kappa shape index (κ3) is 4.92. The highest BCUT2D eigenvalue weighted by Crippen LogP contribution is 2.34. The molecule has 0 aliphatic heterocycles. The van der Waals surface area contributed by atoms with Crippen LogP contribution in [-0.2, 0) is 30.5 Å². The molecule has 0 aliphatic rings. The quantitative estimate of drug-likeness (QED) is 0.406. The summed E-state index contributed by atoms with van der Waals surface area (Å²) in [7, 11) is 1.32. The third-order valence-corrected chi connectivity index (χ3v) is 3.64. The molecule has 7 nitrogen and oxygen atoms in total. The third-order valence-electron chi connectivity index (χ3n) is 3.64. The molecular formula is C17H18O7-2. The number of carboxylic acids is 2. The second-order valence-electron chi connectivity index (χ2n) is 5.20. The lowest BCUT2D eigenvalue weighted by atomic mass is 9.75. The molecule has 0 bridgehead atoms. The fraction of sp³-hybridized carbons (Fsp3) is 0.353. The van der Waals surface area contributed by atoms with Crippen molar-refractivity contribution in [3.8, 4) is 0 Å². The molecule has 1 aromatic rings. The predicted octanol–water partition coefficient (Wildman–Crippen LogP) is -0.801. The average Bonchev–Trinajstić information content (AvgIpc) is 2.56. The Morgan fingerprint density at radius 1 is 1.17 bits per heavy atom. The maximum absolute atomic E-state index is 12.0. The molecule has 0 amide bonds. The fourth-order valence-electron chi connectivity index (χ4n) is 2.15. The Balaban J connectivity index is 2.89. The van der Waals surface area contributed by atoms with Gasteiger partial charge in [0, 0.05) is 19.1 Å². The monoisotopic (exact) mass is 334 g/mol. The van der Waals surface area contributed by atoms with Crippen LogP contribution in [0.25, 0.3) is 0 Å². The minimum Gasteiger partial charge on any atom is -0.549 e. The number of methoxy groups -OCH3 is 1. The number of carboxylic acid groups (broad SMARTS) is 2. The Hall–Kier alpha value is -2.67. The summed E-state index contributed by atoms with van der Waals surface area (Å²) in [5.41, 5.74) is -2.19. The molecule has 0 aromatic heterocycles. The highest BCUT2D eigenvalue weighted by Gasteiger charge is 2.38. The molecule has 7 heteroatoms. The average molecular weight is 334 g/mol. The van der Waals surface area contributed by atoms with Crippen molar-refractivity contribution in [2.75, 3.05) is 13.7 Å². The minimum atomic E-state index is -2.15. The van der Waals surface area contributed by atoms with E-state index < -0.39 is 35.3 Å². The van der Waals surface area contributed by atoms with Gasteiger partial charge in [0.1, 0.15) is 6.61 Å². The van der Waals surface area contributed by atoms with Crippen LogP contribution in [0.5, 0.6) is 0 Å². The molecule has 130 valence electrons. The minimum absolute atomic E-state index is 0.0646. The summed E-state index contributed by atoms with van der Waals surface area (Å²) in [6.45, 7) is 3.06. The second kappa shape index (κ2) is 8.83. The second-order valence-corrected chi connectivity index (χ2v) is 5.20. The highest BCUT2D eigenvalue weighted by molar-refractivity contribution is 5.96. The molecule has 24 heavy (non-hydrogen) atoms. The van der Waals surface area contributed by atoms with Crippen LogP contribution < -0.4 is 10.2 Å². The molecule has 1 atom stereocenters. The molecule has 1 unspecified atom stereocenters. The number of carbonyl (C=O) groups excluding carboxylic acids is 3. The Morgan fingerprint density at radius 2 is 1.79 bits per heavy atom. The van der Waals surface area contributed by atoms with E-state index in [1.54, 1.807) is 30.3 Å². The number of hydrogen-bond donors (Lipinski definition) is 0. The number of hydrogen-bond acceptors (Lipinski definition) is 7. The van der Waals surface area contributed by atoms with Crippen molar-refractivity contribution in [2.24, 2.45) is 5.41 Å². The van der Waals surface area contributed by atoms with E-state index in [4.69, 9.17) is 9.47 Å². The number of rotatable bonds is 10. The Kier molecular flexibility index (Phi) is 7.13. The highest BCUT2D eigenvalue weighted by atomic mass is 16.5. The van der Waals surface area contributed by atoms with Gasteiger partial charge in [-0.15, -0.1) is 0 Å². The lowest BCUT2D eigenvalue weighted by molar-refractivity contribution is -0.322. The molecule has 0 spiro atoms. The van der Waals surface area contributed by atoms with E-state index in [-0.39, 0.29) is 19.6 Å². The summed E-state index contributed by atoms with van der Waals surface area (Å²) >= 11 is 0. The lowest BCUT2D eigenvalue weighted by Gasteiger charge is -2.36. The fourth-order valence-corrected chi connectivity index (χ4v) is 2.15. The van der Waals surface area contributed by atoms with Gasteiger partial charge >= 0.3 is 5.97 Å². The maximum atomic E-state index is 12.0. The molecule has 0 saturated carbocycles. The first-order valence-corrected chi connectivity index (χ1v) is 7.14. The molecule has 0 heterocycles. The molecule has 0 fully saturated rings. The summed E-state index contributed by atoms with van der Waals surface area (Å²) in [6, 6.07) is 8.76. The Morgan fingerprint density at radius 3 is 2.29 bits per heavy atom. The molecule has 0 aliphatic carbocycles. The van der Waals surface area contributed by atoms with Crippen LogP contribution >= 0.6 is 0 Å². The van der Waals surface area contributed by atoms with Gasteiger partial charge in [-0.2, -0.15) is 0 Å². The van der Waals surface area contributed by atoms with Crippen molar-refractivity contribution in [1.82, 2.24) is 0 Å². The number of esters is 1. The van der Waals surface area contributed by atoms with Crippen LogP contribution in [0.4, 0.5) is 0 Å². The maximum Gasteiger partial charge on any atom is 0.307 e. The molecule has 0 radical (unpaired) electrons. The van der Waals surface area contributed by atoms with Gasteiger partial charge in [0.2, 0.25) is 0 Å². The van der Waals surface area contributed by atoms with Gasteiger partial charge in [-0.25, -0.2) is 0 Å². The summed E-state index contributed by atoms with van der Waals surface area (Å²) in [5, 5.41) is 22.6. The topological polar surface area (TPSA) is 116 Å². The van der Waals surface area contributed by atoms with E-state index in [1.807, 2.05) is 0 Å². The van der Waals surface area contributed by atoms with Gasteiger partial charge in [-0.3, -0.25) is 4.79 Å². The SMILES string of the molecule is C=C(C(=O)[O-])C(CCOC)(CC(=O)OCc1ccccc1)C(=O)[O-]. The van der Waals surface area contributed by atoms with Crippen LogP contribution in [0.2, 0.25) is 0 Å². The first-order chi connectivity index (χ1) is 11.3. The van der Waals surface area contributed by atoms with Crippen molar-refractivity contribution in [1.29, 1.82) is 0 Å². The van der Waals surface area contributed by atoms with Gasteiger partial charge in [0.15, 0.2) is 0 Å². The van der Waals surface area contributed by atoms with E-state index in [9.17, 15) is 24.6 Å². The smallest absolute Gasteiger partial charge is 0.307 e.